The van der Waals surface area contributed by atoms with Crippen LogP contribution in [-0.2, 0) is 0 Å². The van der Waals surface area contributed by atoms with Crippen LogP contribution in [0.2, 0.25) is 19.6 Å². The Balaban J connectivity index is 3.55. The monoisotopic (exact) mass is 98.1 g/mol. The summed E-state index contributed by atoms with van der Waals surface area (Å²) in [6, 6.07) is 0. The van der Waals surface area contributed by atoms with Gasteiger partial charge in [0.25, 0.3) is 0 Å². The summed E-state index contributed by atoms with van der Waals surface area (Å²) in [5.74, 6) is 0. The van der Waals surface area contributed by atoms with Crippen LogP contribution in [0.15, 0.2) is 0 Å². The van der Waals surface area contributed by atoms with Crippen molar-refractivity contribution in [2.24, 2.45) is 0 Å². The van der Waals surface area contributed by atoms with Crippen molar-refractivity contribution in [2.45, 2.75) is 19.6 Å². The maximum atomic E-state index is 4.99. The fourth-order valence-corrected chi connectivity index (χ4v) is 0. The molecule has 0 aromatic heterocycles. The molecule has 32 valence electrons. The molecule has 0 saturated carbocycles. The van der Waals surface area contributed by atoms with Crippen LogP contribution in [-0.4, -0.2) is 15.7 Å². The van der Waals surface area contributed by atoms with Crippen LogP contribution < -0.4 is 0 Å². The van der Waals surface area contributed by atoms with Crippen molar-refractivity contribution in [3.8, 4) is 0 Å². The predicted octanol–water partition coefficient (Wildman–Crippen LogP) is 1.28. The summed E-state index contributed by atoms with van der Waals surface area (Å²) < 4.78 is 3.66. The van der Waals surface area contributed by atoms with Gasteiger partial charge in [-0.15, -0.1) is 0 Å². The first kappa shape index (κ1) is 5.99. The van der Waals surface area contributed by atoms with Crippen LogP contribution >= 0.6 is 0 Å². The second kappa shape index (κ2) is 1.63. The molecular formula is C3H9BNSi+. The molecule has 0 heterocycles. The van der Waals surface area contributed by atoms with Crippen LogP contribution in [0.4, 0.5) is 0 Å². The third-order valence-electron chi connectivity index (χ3n) is 0.387. The van der Waals surface area contributed by atoms with Gasteiger partial charge in [0.15, 0.2) is 0 Å². The van der Waals surface area contributed by atoms with Gasteiger partial charge in [-0.25, -0.2) is 0 Å². The summed E-state index contributed by atoms with van der Waals surface area (Å²) >= 11 is 0. The zero-order valence-electron chi connectivity index (χ0n) is 4.52. The van der Waals surface area contributed by atoms with Gasteiger partial charge in [-0.2, -0.15) is 0 Å². The standard InChI is InChI=1S/C3H9BNSi/c1-6(2,3)5-4/h1-3H3/q+1. The van der Waals surface area contributed by atoms with E-state index in [1.54, 1.807) is 0 Å². The Morgan fingerprint density at radius 3 is 1.50 bits per heavy atom. The zero-order valence-corrected chi connectivity index (χ0v) is 5.52. The topological polar surface area (TPSA) is 4.36 Å². The number of hydrogen-bond donors (Lipinski definition) is 0. The van der Waals surface area contributed by atoms with E-state index in [1.807, 2.05) is 0 Å². The van der Waals surface area contributed by atoms with E-state index in [9.17, 15) is 0 Å². The fraction of sp³-hybridized carbons (Fsp3) is 1.00. The van der Waals surface area contributed by atoms with Crippen LogP contribution in [0.5, 0.6) is 0 Å². The second-order valence-corrected chi connectivity index (χ2v) is 6.90. The van der Waals surface area contributed by atoms with E-state index >= 15 is 0 Å². The Morgan fingerprint density at radius 1 is 1.33 bits per heavy atom. The number of nitrogens with zero attached hydrogens (tertiary/aromatic N) is 1. The van der Waals surface area contributed by atoms with Gasteiger partial charge in [0.05, 0.1) is 0 Å². The van der Waals surface area contributed by atoms with Crippen molar-refractivity contribution in [2.75, 3.05) is 0 Å². The number of rotatable bonds is 0. The Hall–Kier alpha value is -0.00818. The SMILES string of the molecule is B#[N+][Si](C)(C)C. The molecule has 0 fully saturated rings. The molecule has 0 bridgehead atoms. The van der Waals surface area contributed by atoms with Gasteiger partial charge in [0.2, 0.25) is 0 Å². The van der Waals surface area contributed by atoms with E-state index in [-0.39, 0.29) is 0 Å². The molecule has 0 aromatic rings. The quantitative estimate of drug-likeness (QED) is 0.402. The molecular weight excluding hydrogens is 88.9 g/mol. The van der Waals surface area contributed by atoms with Crippen molar-refractivity contribution in [3.63, 3.8) is 0 Å². The molecule has 6 heavy (non-hydrogen) atoms. The van der Waals surface area contributed by atoms with Crippen LogP contribution in [0.3, 0.4) is 0 Å². The van der Waals surface area contributed by atoms with Gasteiger partial charge in [0, 0.05) is 0 Å². The van der Waals surface area contributed by atoms with E-state index in [2.05, 4.69) is 24.0 Å². The van der Waals surface area contributed by atoms with Crippen LogP contribution in [0.25, 0.3) is 4.41 Å². The molecule has 0 N–H and O–H groups in total. The Morgan fingerprint density at radius 2 is 1.50 bits per heavy atom. The van der Waals surface area contributed by atoms with E-state index in [0.29, 0.717) is 0 Å². The first-order chi connectivity index (χ1) is 2.56. The summed E-state index contributed by atoms with van der Waals surface area (Å²) in [7, 11) is 3.76. The predicted molar refractivity (Wildman–Crippen MR) is 32.5 cm³/mol. The van der Waals surface area contributed by atoms with E-state index < -0.39 is 8.24 Å². The van der Waals surface area contributed by atoms with Gasteiger partial charge in [0.1, 0.15) is 0 Å². The maximum absolute atomic E-state index is 4.99. The molecule has 0 aromatic carbocycles. The minimum absolute atomic E-state index is 1.23. The molecule has 0 atom stereocenters. The average Bonchev–Trinajstić information content (AvgIpc) is 1.35. The molecule has 0 spiro atoms. The first-order valence-corrected chi connectivity index (χ1v) is 5.43. The first-order valence-electron chi connectivity index (χ1n) is 1.98. The molecule has 0 rings (SSSR count). The fourth-order valence-electron chi connectivity index (χ4n) is 0. The second-order valence-electron chi connectivity index (χ2n) is 2.30. The van der Waals surface area contributed by atoms with E-state index in [4.69, 9.17) is 7.49 Å². The summed E-state index contributed by atoms with van der Waals surface area (Å²) in [5.41, 5.74) is 0. The summed E-state index contributed by atoms with van der Waals surface area (Å²) in [6.45, 7) is 6.27. The molecule has 3 heteroatoms. The van der Waals surface area contributed by atoms with Crippen molar-refractivity contribution in [3.05, 3.63) is 4.41 Å². The van der Waals surface area contributed by atoms with E-state index in [0.717, 1.165) is 0 Å². The summed E-state index contributed by atoms with van der Waals surface area (Å²) in [6.07, 6.45) is 0. The van der Waals surface area contributed by atoms with Crippen molar-refractivity contribution < 1.29 is 0 Å². The van der Waals surface area contributed by atoms with E-state index in [1.165, 1.54) is 0 Å². The Labute approximate surface area is 40.7 Å². The zero-order chi connectivity index (χ0) is 5.21. The third kappa shape index (κ3) is 3.99. The molecule has 0 aliphatic rings. The third-order valence-corrected chi connectivity index (χ3v) is 1.16. The molecule has 0 saturated heterocycles. The molecule has 0 aliphatic heterocycles. The molecule has 0 unspecified atom stereocenters. The Bertz CT molecular complexity index is 77.8. The Kier molecular flexibility index (Phi) is 1.62. The van der Waals surface area contributed by atoms with Crippen LogP contribution in [0.1, 0.15) is 0 Å². The van der Waals surface area contributed by atoms with Crippen molar-refractivity contribution in [1.29, 1.82) is 0 Å². The van der Waals surface area contributed by atoms with Gasteiger partial charge in [-0.05, 0) is 0 Å². The molecule has 0 amide bonds. The average molecular weight is 98.0 g/mol. The van der Waals surface area contributed by atoms with Crippen molar-refractivity contribution >= 4 is 15.7 Å². The molecule has 0 aliphatic carbocycles. The van der Waals surface area contributed by atoms with Gasteiger partial charge < -0.3 is 0 Å². The van der Waals surface area contributed by atoms with Crippen molar-refractivity contribution in [1.82, 2.24) is 0 Å². The molecule has 1 nitrogen and oxygen atoms in total. The normalized spacial score (nSPS) is 10.8. The summed E-state index contributed by atoms with van der Waals surface area (Å²) in [5, 5.41) is 0. The minimum atomic E-state index is -1.23. The summed E-state index contributed by atoms with van der Waals surface area (Å²) in [4.78, 5) is 0. The van der Waals surface area contributed by atoms with Gasteiger partial charge in [-0.1, -0.05) is 0 Å². The molecule has 0 radical (unpaired) electrons. The van der Waals surface area contributed by atoms with Gasteiger partial charge >= 0.3 is 39.8 Å². The van der Waals surface area contributed by atoms with Crippen LogP contribution in [0, 0.1) is 0 Å². The number of hydrogen-bond acceptors (Lipinski definition) is 0. The van der Waals surface area contributed by atoms with Gasteiger partial charge in [-0.3, -0.25) is 0 Å².